The number of alkyl halides is 3. The van der Waals surface area contributed by atoms with Crippen LogP contribution in [0.2, 0.25) is 10.0 Å². The Morgan fingerprint density at radius 3 is 1.64 bits per heavy atom. The molecule has 0 spiro atoms. The number of carbonyl (C=O) groups is 3. The molecule has 16 heteroatoms. The Kier molecular flexibility index (Phi) is 10.3. The van der Waals surface area contributed by atoms with Crippen molar-refractivity contribution in [1.29, 1.82) is 0 Å². The number of nitrogens with zero attached hydrogens (tertiary/aromatic N) is 6. The van der Waals surface area contributed by atoms with Crippen molar-refractivity contribution in [1.82, 2.24) is 28.7 Å². The van der Waals surface area contributed by atoms with Crippen LogP contribution in [0.4, 0.5) is 13.2 Å². The third-order valence-electron chi connectivity index (χ3n) is 7.55. The zero-order chi connectivity index (χ0) is 36.3. The summed E-state index contributed by atoms with van der Waals surface area (Å²) in [4.78, 5) is 35.0. The van der Waals surface area contributed by atoms with Crippen molar-refractivity contribution in [3.63, 3.8) is 0 Å². The van der Waals surface area contributed by atoms with Crippen LogP contribution in [-0.4, -0.2) is 66.8 Å². The number of aryl methyl sites for hydroxylation is 1. The van der Waals surface area contributed by atoms with Gasteiger partial charge in [-0.15, -0.1) is 0 Å². The zero-order valence-electron chi connectivity index (χ0n) is 26.8. The van der Waals surface area contributed by atoms with Crippen LogP contribution in [-0.2, 0) is 23.6 Å². The molecular weight excluding hydrogens is 700 g/mol. The number of rotatable bonds is 7. The molecule has 4 aromatic heterocycles. The highest BCUT2D eigenvalue weighted by Crippen LogP contribution is 2.29. The van der Waals surface area contributed by atoms with E-state index in [1.54, 1.807) is 35.3 Å². The minimum absolute atomic E-state index is 0.173. The molecule has 0 amide bonds. The summed E-state index contributed by atoms with van der Waals surface area (Å²) in [5.74, 6) is -1.78. The molecule has 0 N–H and O–H groups in total. The Morgan fingerprint density at radius 2 is 1.20 bits per heavy atom. The smallest absolute Gasteiger partial charge is 0.456 e. The predicted octanol–water partition coefficient (Wildman–Crippen LogP) is 7.38. The number of benzene rings is 2. The van der Waals surface area contributed by atoms with Gasteiger partial charge in [0.05, 0.1) is 53.5 Å². The molecule has 258 valence electrons. The first-order valence-corrected chi connectivity index (χ1v) is 15.2. The van der Waals surface area contributed by atoms with Gasteiger partial charge in [-0.25, -0.2) is 19.0 Å². The summed E-state index contributed by atoms with van der Waals surface area (Å²) < 4.78 is 53.7. The summed E-state index contributed by atoms with van der Waals surface area (Å²) in [5, 5.41) is 9.08. The van der Waals surface area contributed by atoms with Crippen molar-refractivity contribution in [2.24, 2.45) is 14.1 Å². The van der Waals surface area contributed by atoms with Crippen LogP contribution < -0.4 is 0 Å². The van der Waals surface area contributed by atoms with Gasteiger partial charge in [0.1, 0.15) is 11.6 Å². The number of aromatic nitrogens is 6. The molecule has 11 nitrogen and oxygen atoms in total. The molecule has 6 rings (SSSR count). The van der Waals surface area contributed by atoms with Gasteiger partial charge in [0.25, 0.3) is 5.78 Å². The molecule has 0 saturated carbocycles. The number of Topliss-reactive ketones (excluding diaryl/α,β-unsaturated/α-hetero) is 1. The van der Waals surface area contributed by atoms with E-state index >= 15 is 0 Å². The zero-order valence-corrected chi connectivity index (χ0v) is 28.3. The molecule has 50 heavy (non-hydrogen) atoms. The first kappa shape index (κ1) is 35.7. The molecule has 0 aliphatic heterocycles. The van der Waals surface area contributed by atoms with E-state index in [1.807, 2.05) is 42.2 Å². The molecule has 0 unspecified atom stereocenters. The van der Waals surface area contributed by atoms with E-state index < -0.39 is 29.6 Å². The van der Waals surface area contributed by atoms with Gasteiger partial charge in [0.15, 0.2) is 0 Å². The van der Waals surface area contributed by atoms with Crippen LogP contribution in [0.25, 0.3) is 33.9 Å². The molecule has 0 bridgehead atoms. The molecule has 0 saturated heterocycles. The van der Waals surface area contributed by atoms with Gasteiger partial charge in [-0.05, 0) is 59.7 Å². The fourth-order valence-electron chi connectivity index (χ4n) is 4.93. The Hall–Kier alpha value is -5.60. The number of hydrogen-bond donors (Lipinski definition) is 0. The van der Waals surface area contributed by atoms with Crippen molar-refractivity contribution in [2.75, 3.05) is 14.2 Å². The second-order valence-electron chi connectivity index (χ2n) is 10.7. The van der Waals surface area contributed by atoms with Gasteiger partial charge in [-0.3, -0.25) is 4.79 Å². The Bertz CT molecular complexity index is 2220. The Labute approximate surface area is 293 Å². The summed E-state index contributed by atoms with van der Waals surface area (Å²) in [7, 11) is 5.86. The lowest BCUT2D eigenvalue weighted by molar-refractivity contribution is -0.0890. The van der Waals surface area contributed by atoms with Crippen molar-refractivity contribution < 1.29 is 37.0 Å². The highest BCUT2D eigenvalue weighted by molar-refractivity contribution is 6.34. The van der Waals surface area contributed by atoms with E-state index in [1.165, 1.54) is 50.3 Å². The van der Waals surface area contributed by atoms with Gasteiger partial charge >= 0.3 is 18.1 Å². The van der Waals surface area contributed by atoms with Gasteiger partial charge < -0.3 is 18.6 Å². The highest BCUT2D eigenvalue weighted by Gasteiger charge is 2.41. The lowest BCUT2D eigenvalue weighted by Crippen LogP contribution is -2.25. The average molecular weight is 728 g/mol. The van der Waals surface area contributed by atoms with Crippen molar-refractivity contribution >= 4 is 40.9 Å². The minimum atomic E-state index is -4.97. The number of carbonyl (C=O) groups excluding carboxylic acids is 3. The van der Waals surface area contributed by atoms with Gasteiger partial charge in [0.2, 0.25) is 0 Å². The monoisotopic (exact) mass is 726 g/mol. The van der Waals surface area contributed by atoms with Crippen LogP contribution in [0.3, 0.4) is 0 Å². The van der Waals surface area contributed by atoms with Gasteiger partial charge in [-0.2, -0.15) is 23.4 Å². The molecular formula is C34H27Cl2F3N6O5. The number of halogens is 5. The van der Waals surface area contributed by atoms with E-state index in [0.717, 1.165) is 27.6 Å². The molecule has 0 fully saturated rings. The van der Waals surface area contributed by atoms with E-state index in [4.69, 9.17) is 27.9 Å². The van der Waals surface area contributed by atoms with Crippen molar-refractivity contribution in [2.45, 2.75) is 6.18 Å². The Balaban J connectivity index is 0.000000200. The SMILES string of the molecule is COC(=O)c1cc(-c2cnn(-c3ccc(C(=O)C(F)(F)F)n3C)c2)ccc1Cl.COC(=O)c1cc(-c2cnn(-c3cccn3C)c2)ccc1Cl. The topological polar surface area (TPSA) is 115 Å². The van der Waals surface area contributed by atoms with Crippen LogP contribution in [0.5, 0.6) is 0 Å². The normalized spacial score (nSPS) is 11.1. The van der Waals surface area contributed by atoms with Crippen LogP contribution in [0.15, 0.2) is 91.6 Å². The lowest BCUT2D eigenvalue weighted by atomic mass is 10.1. The van der Waals surface area contributed by atoms with Crippen molar-refractivity contribution in [3.05, 3.63) is 119 Å². The van der Waals surface area contributed by atoms with Crippen LogP contribution in [0, 0.1) is 0 Å². The number of ketones is 1. The number of methoxy groups -OCH3 is 2. The van der Waals surface area contributed by atoms with Crippen LogP contribution >= 0.6 is 23.2 Å². The third-order valence-corrected chi connectivity index (χ3v) is 8.21. The van der Waals surface area contributed by atoms with E-state index in [2.05, 4.69) is 14.9 Å². The fraction of sp³-hybridized carbons (Fsp3) is 0.147. The number of ether oxygens (including phenoxy) is 2. The van der Waals surface area contributed by atoms with Crippen molar-refractivity contribution in [3.8, 4) is 33.9 Å². The molecule has 4 heterocycles. The number of esters is 2. The molecule has 0 aliphatic carbocycles. The van der Waals surface area contributed by atoms with E-state index in [-0.39, 0.29) is 16.4 Å². The molecule has 0 aliphatic rings. The average Bonchev–Trinajstić information content (AvgIpc) is 3.92. The first-order chi connectivity index (χ1) is 23.7. The standard InChI is InChI=1S/C18H13ClF3N3O3.C16H14ClN3O2/c1-24-14(16(26)18(20,21)22)5-6-15(24)25-9-11(8-23-25)10-3-4-13(19)12(7-10)17(27)28-2;1-19-7-3-4-15(19)20-10-12(9-18-20)11-5-6-14(17)13(8-11)16(21)22-2/h3-9H,1-2H3;3-10H,1-2H3. The molecule has 0 atom stereocenters. The maximum atomic E-state index is 12.7. The second-order valence-corrected chi connectivity index (χ2v) is 11.5. The van der Waals surface area contributed by atoms with Crippen LogP contribution in [0.1, 0.15) is 31.2 Å². The summed E-state index contributed by atoms with van der Waals surface area (Å²) in [5.41, 5.74) is 2.95. The quantitative estimate of drug-likeness (QED) is 0.125. The molecule has 0 radical (unpaired) electrons. The van der Waals surface area contributed by atoms with Gasteiger partial charge in [-0.1, -0.05) is 35.3 Å². The number of hydrogen-bond acceptors (Lipinski definition) is 7. The minimum Gasteiger partial charge on any atom is -0.465 e. The van der Waals surface area contributed by atoms with E-state index in [0.29, 0.717) is 21.7 Å². The summed E-state index contributed by atoms with van der Waals surface area (Å²) >= 11 is 12.0. The molecule has 2 aromatic carbocycles. The highest BCUT2D eigenvalue weighted by atomic mass is 35.5. The molecule has 6 aromatic rings. The lowest BCUT2D eigenvalue weighted by Gasteiger charge is -2.09. The maximum absolute atomic E-state index is 12.7. The fourth-order valence-corrected chi connectivity index (χ4v) is 5.32. The maximum Gasteiger partial charge on any atom is 0.456 e. The Morgan fingerprint density at radius 1 is 0.700 bits per heavy atom. The third kappa shape index (κ3) is 7.36. The first-order valence-electron chi connectivity index (χ1n) is 14.5. The summed E-state index contributed by atoms with van der Waals surface area (Å²) in [6, 6.07) is 16.3. The predicted molar refractivity (Wildman–Crippen MR) is 179 cm³/mol. The largest absolute Gasteiger partial charge is 0.465 e. The summed E-state index contributed by atoms with van der Waals surface area (Å²) in [6.07, 6.45) is 3.67. The summed E-state index contributed by atoms with van der Waals surface area (Å²) in [6.45, 7) is 0. The van der Waals surface area contributed by atoms with Gasteiger partial charge in [0, 0.05) is 43.8 Å². The van der Waals surface area contributed by atoms with E-state index in [9.17, 15) is 27.6 Å². The second kappa shape index (κ2) is 14.5.